The van der Waals surface area contributed by atoms with E-state index in [1.807, 2.05) is 30.3 Å². The fourth-order valence-corrected chi connectivity index (χ4v) is 7.91. The summed E-state index contributed by atoms with van der Waals surface area (Å²) in [6, 6.07) is 65.9. The van der Waals surface area contributed by atoms with Crippen molar-refractivity contribution in [2.45, 2.75) is 0 Å². The van der Waals surface area contributed by atoms with Gasteiger partial charge >= 0.3 is 0 Å². The largest absolute Gasteiger partial charge is 0.456 e. The molecule has 4 heteroatoms. The van der Waals surface area contributed by atoms with Crippen molar-refractivity contribution in [2.24, 2.45) is 0 Å². The number of hydrogen-bond acceptors (Lipinski definition) is 4. The molecule has 0 saturated heterocycles. The van der Waals surface area contributed by atoms with E-state index in [9.17, 15) is 0 Å². The molecule has 0 radical (unpaired) electrons. The molecule has 0 aliphatic rings. The van der Waals surface area contributed by atoms with Crippen LogP contribution in [0.3, 0.4) is 0 Å². The zero-order chi connectivity index (χ0) is 36.3. The quantitative estimate of drug-likeness (QED) is 0.179. The topological polar surface area (TPSA) is 51.8 Å². The molecule has 11 aromatic rings. The molecule has 0 atom stereocenters. The minimum atomic E-state index is 0.634. The van der Waals surface area contributed by atoms with Crippen molar-refractivity contribution in [3.63, 3.8) is 0 Å². The molecule has 256 valence electrons. The van der Waals surface area contributed by atoms with Gasteiger partial charge in [0.15, 0.2) is 17.5 Å². The third-order valence-corrected chi connectivity index (χ3v) is 10.7. The molecule has 0 aliphatic heterocycles. The van der Waals surface area contributed by atoms with Crippen LogP contribution in [0.2, 0.25) is 0 Å². The molecule has 0 fully saturated rings. The highest BCUT2D eigenvalue weighted by Crippen LogP contribution is 2.39. The average molecular weight is 702 g/mol. The zero-order valence-corrected chi connectivity index (χ0v) is 29.6. The van der Waals surface area contributed by atoms with Gasteiger partial charge in [-0.2, -0.15) is 0 Å². The summed E-state index contributed by atoms with van der Waals surface area (Å²) in [6.45, 7) is 0. The summed E-state index contributed by atoms with van der Waals surface area (Å²) in [5.41, 5.74) is 9.14. The fraction of sp³-hybridized carbons (Fsp3) is 0. The van der Waals surface area contributed by atoms with Crippen LogP contribution in [0.5, 0.6) is 0 Å². The normalized spacial score (nSPS) is 11.6. The van der Waals surface area contributed by atoms with Gasteiger partial charge in [0.2, 0.25) is 0 Å². The van der Waals surface area contributed by atoms with E-state index in [1.165, 1.54) is 27.3 Å². The summed E-state index contributed by atoms with van der Waals surface area (Å²) in [5, 5.41) is 9.19. The second-order valence-electron chi connectivity index (χ2n) is 14.0. The Morgan fingerprint density at radius 2 is 0.818 bits per heavy atom. The Hall–Kier alpha value is -7.43. The molecule has 0 aliphatic carbocycles. The molecule has 9 aromatic carbocycles. The molecular formula is C51H31N3O. The lowest BCUT2D eigenvalue weighted by Gasteiger charge is -2.13. The fourth-order valence-electron chi connectivity index (χ4n) is 7.91. The lowest BCUT2D eigenvalue weighted by atomic mass is 9.94. The van der Waals surface area contributed by atoms with Crippen LogP contribution in [-0.2, 0) is 0 Å². The van der Waals surface area contributed by atoms with Crippen molar-refractivity contribution in [1.82, 2.24) is 15.0 Å². The molecule has 0 unspecified atom stereocenters. The van der Waals surface area contributed by atoms with Gasteiger partial charge in [-0.15, -0.1) is 0 Å². The summed E-state index contributed by atoms with van der Waals surface area (Å²) in [6.07, 6.45) is 0. The van der Waals surface area contributed by atoms with Crippen LogP contribution in [0, 0.1) is 0 Å². The van der Waals surface area contributed by atoms with Gasteiger partial charge in [-0.25, -0.2) is 15.0 Å². The van der Waals surface area contributed by atoms with Gasteiger partial charge in [0.1, 0.15) is 11.2 Å². The van der Waals surface area contributed by atoms with Crippen molar-refractivity contribution in [3.05, 3.63) is 188 Å². The van der Waals surface area contributed by atoms with Crippen LogP contribution in [0.15, 0.2) is 192 Å². The maximum atomic E-state index is 6.49. The number of fused-ring (bicyclic) bond motifs is 6. The third-order valence-electron chi connectivity index (χ3n) is 10.7. The van der Waals surface area contributed by atoms with Crippen molar-refractivity contribution in [2.75, 3.05) is 0 Å². The Labute approximate surface area is 317 Å². The SMILES string of the molecule is c1ccc(-c2nc(-c3ccc4ccccc4c3)nc(-c3ccc(-c4ccc5c(c4)oc4ccc(-c6ccc7ccccc7c6)cc45)c4ccccc34)n2)cc1. The smallest absolute Gasteiger partial charge is 0.164 e. The van der Waals surface area contributed by atoms with E-state index in [2.05, 4.69) is 158 Å². The van der Waals surface area contributed by atoms with E-state index in [4.69, 9.17) is 19.4 Å². The lowest BCUT2D eigenvalue weighted by molar-refractivity contribution is 0.669. The van der Waals surface area contributed by atoms with Crippen molar-refractivity contribution < 1.29 is 4.42 Å². The van der Waals surface area contributed by atoms with Gasteiger partial charge in [0.25, 0.3) is 0 Å². The third kappa shape index (κ3) is 5.43. The predicted octanol–water partition coefficient (Wildman–Crippen LogP) is 13.6. The Morgan fingerprint density at radius 3 is 1.58 bits per heavy atom. The van der Waals surface area contributed by atoms with Crippen LogP contribution < -0.4 is 0 Å². The molecule has 11 rings (SSSR count). The second-order valence-corrected chi connectivity index (χ2v) is 14.0. The lowest BCUT2D eigenvalue weighted by Crippen LogP contribution is -2.00. The molecule has 0 N–H and O–H groups in total. The maximum Gasteiger partial charge on any atom is 0.164 e. The number of benzene rings is 9. The average Bonchev–Trinajstić information content (AvgIpc) is 3.63. The summed E-state index contributed by atoms with van der Waals surface area (Å²) in [7, 11) is 0. The molecule has 4 nitrogen and oxygen atoms in total. The molecule has 2 aromatic heterocycles. The highest BCUT2D eigenvalue weighted by molar-refractivity contribution is 6.09. The van der Waals surface area contributed by atoms with Gasteiger partial charge in [-0.3, -0.25) is 0 Å². The summed E-state index contributed by atoms with van der Waals surface area (Å²) in [4.78, 5) is 15.2. The molecule has 0 saturated carbocycles. The number of nitrogens with zero attached hydrogens (tertiary/aromatic N) is 3. The molecule has 0 spiro atoms. The first-order valence-corrected chi connectivity index (χ1v) is 18.5. The molecular weight excluding hydrogens is 671 g/mol. The van der Waals surface area contributed by atoms with E-state index < -0.39 is 0 Å². The summed E-state index contributed by atoms with van der Waals surface area (Å²) in [5.74, 6) is 1.91. The van der Waals surface area contributed by atoms with Crippen molar-refractivity contribution in [1.29, 1.82) is 0 Å². The summed E-state index contributed by atoms with van der Waals surface area (Å²) >= 11 is 0. The predicted molar refractivity (Wildman–Crippen MR) is 227 cm³/mol. The second kappa shape index (κ2) is 12.6. The van der Waals surface area contributed by atoms with E-state index in [0.717, 1.165) is 65.9 Å². The molecule has 0 bridgehead atoms. The van der Waals surface area contributed by atoms with Crippen LogP contribution in [-0.4, -0.2) is 15.0 Å². The van der Waals surface area contributed by atoms with Gasteiger partial charge in [0, 0.05) is 27.5 Å². The number of aromatic nitrogens is 3. The van der Waals surface area contributed by atoms with Crippen LogP contribution in [0.25, 0.3) is 111 Å². The van der Waals surface area contributed by atoms with Crippen LogP contribution in [0.4, 0.5) is 0 Å². The van der Waals surface area contributed by atoms with Gasteiger partial charge in [0.05, 0.1) is 0 Å². The highest BCUT2D eigenvalue weighted by atomic mass is 16.3. The van der Waals surface area contributed by atoms with E-state index >= 15 is 0 Å². The van der Waals surface area contributed by atoms with Crippen LogP contribution >= 0.6 is 0 Å². The Morgan fingerprint density at radius 1 is 0.273 bits per heavy atom. The van der Waals surface area contributed by atoms with E-state index in [-0.39, 0.29) is 0 Å². The maximum absolute atomic E-state index is 6.49. The standard InChI is InChI=1S/C51H31N3O/c1-2-12-34(13-3-1)49-52-50(40-21-19-33-11-5-7-15-36(33)29-40)54-51(53-49)45-26-25-41(42-16-8-9-17-43(42)45)39-22-24-44-46-30-38(23-27-47(46)55-48(44)31-39)37-20-18-32-10-4-6-14-35(32)28-37/h1-31H. The molecule has 55 heavy (non-hydrogen) atoms. The Kier molecular flexibility index (Phi) is 7.14. The van der Waals surface area contributed by atoms with Gasteiger partial charge in [-0.05, 0) is 97.0 Å². The first-order chi connectivity index (χ1) is 27.2. The van der Waals surface area contributed by atoms with Crippen molar-refractivity contribution >= 4 is 54.3 Å². The molecule has 0 amide bonds. The zero-order valence-electron chi connectivity index (χ0n) is 29.6. The first kappa shape index (κ1) is 31.1. The van der Waals surface area contributed by atoms with Gasteiger partial charge in [-0.1, -0.05) is 146 Å². The van der Waals surface area contributed by atoms with Gasteiger partial charge < -0.3 is 4.42 Å². The monoisotopic (exact) mass is 701 g/mol. The van der Waals surface area contributed by atoms with Crippen LogP contribution in [0.1, 0.15) is 0 Å². The minimum absolute atomic E-state index is 0.634. The highest BCUT2D eigenvalue weighted by Gasteiger charge is 2.17. The minimum Gasteiger partial charge on any atom is -0.456 e. The van der Waals surface area contributed by atoms with Crippen molar-refractivity contribution in [3.8, 4) is 56.4 Å². The van der Waals surface area contributed by atoms with E-state index in [0.29, 0.717) is 17.5 Å². The van der Waals surface area contributed by atoms with E-state index in [1.54, 1.807) is 0 Å². The number of furan rings is 1. The number of hydrogen-bond donors (Lipinski definition) is 0. The molecule has 2 heterocycles. The Bertz CT molecular complexity index is 3270. The Balaban J connectivity index is 1.02. The first-order valence-electron chi connectivity index (χ1n) is 18.5. The number of rotatable bonds is 5. The summed E-state index contributed by atoms with van der Waals surface area (Å²) < 4.78 is 6.49.